The fraction of sp³-hybridized carbons (Fsp3) is 0.875. The van der Waals surface area contributed by atoms with Crippen molar-refractivity contribution in [1.29, 1.82) is 5.41 Å². The van der Waals surface area contributed by atoms with Gasteiger partial charge in [-0.2, -0.15) is 0 Å². The number of carbonyl (C=O) groups excluding carboxylic acids is 3. The van der Waals surface area contributed by atoms with Gasteiger partial charge in [0.05, 0.1) is 30.8 Å². The van der Waals surface area contributed by atoms with Crippen LogP contribution in [0.5, 0.6) is 0 Å². The van der Waals surface area contributed by atoms with E-state index in [1.165, 1.54) is 13.8 Å². The van der Waals surface area contributed by atoms with Gasteiger partial charge in [-0.15, -0.1) is 0 Å². The Kier molecular flexibility index (Phi) is 16.3. The Morgan fingerprint density at radius 3 is 1.81 bits per heavy atom. The van der Waals surface area contributed by atoms with Crippen LogP contribution in [0.3, 0.4) is 0 Å². The largest absolute Gasteiger partial charge is 0.457 e. The lowest BCUT2D eigenvalue weighted by atomic mass is 9.81. The summed E-state index contributed by atoms with van der Waals surface area (Å²) >= 11 is 17.5. The Morgan fingerprint density at radius 2 is 1.29 bits per heavy atom. The molecule has 3 fully saturated rings. The summed E-state index contributed by atoms with van der Waals surface area (Å²) in [5, 5.41) is 15.8. The van der Waals surface area contributed by atoms with E-state index in [1.807, 2.05) is 20.8 Å². The first kappa shape index (κ1) is 44.0. The van der Waals surface area contributed by atoms with Gasteiger partial charge in [-0.25, -0.2) is 0 Å². The smallest absolute Gasteiger partial charge is 0.306 e. The number of rotatable bonds is 14. The van der Waals surface area contributed by atoms with Gasteiger partial charge in [0.25, 0.3) is 3.79 Å². The summed E-state index contributed by atoms with van der Waals surface area (Å²) in [6.45, 7) is 13.8. The third kappa shape index (κ3) is 10.6. The molecule has 0 spiro atoms. The number of hydrogen-bond donors (Lipinski definition) is 1. The lowest BCUT2D eigenvalue weighted by molar-refractivity contribution is -0.342. The molecular formula is C32H48Cl3N7O10. The van der Waals surface area contributed by atoms with Gasteiger partial charge in [-0.3, -0.25) is 15.0 Å². The number of halogens is 3. The van der Waals surface area contributed by atoms with E-state index in [0.29, 0.717) is 12.8 Å². The van der Waals surface area contributed by atoms with Crippen LogP contribution >= 0.6 is 34.8 Å². The molecule has 0 radical (unpaired) electrons. The predicted octanol–water partition coefficient (Wildman–Crippen LogP) is 6.89. The summed E-state index contributed by atoms with van der Waals surface area (Å²) in [6, 6.07) is -1.84. The van der Waals surface area contributed by atoms with Crippen LogP contribution in [0.1, 0.15) is 81.1 Å². The number of hydrogen-bond acceptors (Lipinski definition) is 13. The van der Waals surface area contributed by atoms with E-state index in [0.717, 1.165) is 0 Å². The monoisotopic (exact) mass is 795 g/mol. The minimum atomic E-state index is -2.22. The quantitative estimate of drug-likeness (QED) is 0.0363. The first-order valence-corrected chi connectivity index (χ1v) is 18.4. The molecule has 292 valence electrons. The van der Waals surface area contributed by atoms with E-state index in [4.69, 9.17) is 73.4 Å². The third-order valence-corrected chi connectivity index (χ3v) is 10.6. The summed E-state index contributed by atoms with van der Waals surface area (Å²) < 4.78 is 40.9. The number of ketones is 2. The molecule has 1 N–H and O–H groups in total. The van der Waals surface area contributed by atoms with E-state index >= 15 is 0 Å². The average Bonchev–Trinajstić information content (AvgIpc) is 3.07. The molecule has 15 atom stereocenters. The van der Waals surface area contributed by atoms with Crippen molar-refractivity contribution in [2.75, 3.05) is 0 Å². The Hall–Kier alpha value is -2.43. The number of Topliss-reactive ketones (excluding diaryl/α,β-unsaturated/α-hetero) is 2. The number of alkyl halides is 3. The topological polar surface area (TPSA) is 237 Å². The third-order valence-electron chi connectivity index (χ3n) is 10.0. The minimum absolute atomic E-state index is 0.0371. The van der Waals surface area contributed by atoms with Gasteiger partial charge in [-0.05, 0) is 55.5 Å². The average molecular weight is 797 g/mol. The number of carbonyl (C=O) groups is 3. The molecule has 0 aromatic heterocycles. The van der Waals surface area contributed by atoms with Crippen molar-refractivity contribution in [2.24, 2.45) is 33.9 Å². The molecule has 0 aliphatic carbocycles. The standard InChI is InChI=1S/C32H48Cl3N7O10/c1-9-19-14(4)15(5)22(39-41-37)28(46-19)50-25-17(7)26(48-21(45)12-11-13(3)43)30(51-27(25)18(8)44)49-24-16(6)23(40-42-38)29(47-20(24)10-2)52-31(36)32(33,34)35/h14-17,19-20,22-30,36H,9-12H2,1-8H3/t14-,15+,16-,17+,19+,20?,22?,23?,24-,25-,26?,27+,28+,29+,30-/m1/s1. The molecule has 3 saturated heterocycles. The summed E-state index contributed by atoms with van der Waals surface area (Å²) in [5.74, 6) is -3.69. The highest BCUT2D eigenvalue weighted by Gasteiger charge is 2.54. The second-order valence-electron chi connectivity index (χ2n) is 13.6. The summed E-state index contributed by atoms with van der Waals surface area (Å²) in [7, 11) is 0. The number of nitrogens with zero attached hydrogens (tertiary/aromatic N) is 6. The number of ether oxygens (including phenoxy) is 7. The maximum atomic E-state index is 13.3. The molecule has 0 aromatic rings. The molecule has 0 amide bonds. The Morgan fingerprint density at radius 1 is 0.731 bits per heavy atom. The molecule has 3 rings (SSSR count). The highest BCUT2D eigenvalue weighted by atomic mass is 35.6. The van der Waals surface area contributed by atoms with Gasteiger partial charge in [0.2, 0.25) is 12.2 Å². The van der Waals surface area contributed by atoms with Crippen LogP contribution in [0, 0.1) is 29.1 Å². The molecule has 0 bridgehead atoms. The highest BCUT2D eigenvalue weighted by molar-refractivity contribution is 6.76. The maximum absolute atomic E-state index is 13.3. The van der Waals surface area contributed by atoms with E-state index in [-0.39, 0.29) is 36.6 Å². The first-order valence-electron chi connectivity index (χ1n) is 17.3. The summed E-state index contributed by atoms with van der Waals surface area (Å²) in [6.07, 6.45) is -8.52. The number of esters is 1. The normalized spacial score (nSPS) is 37.9. The molecule has 0 aromatic carbocycles. The fourth-order valence-electron chi connectivity index (χ4n) is 6.83. The van der Waals surface area contributed by atoms with Crippen molar-refractivity contribution in [2.45, 2.75) is 152 Å². The molecule has 17 nitrogen and oxygen atoms in total. The molecule has 52 heavy (non-hydrogen) atoms. The lowest BCUT2D eigenvalue weighted by Gasteiger charge is -2.50. The molecule has 3 aliphatic heterocycles. The van der Waals surface area contributed by atoms with Gasteiger partial charge in [0.15, 0.2) is 24.5 Å². The van der Waals surface area contributed by atoms with Gasteiger partial charge in [-0.1, -0.05) is 86.6 Å². The second kappa shape index (κ2) is 19.2. The molecule has 0 saturated carbocycles. The van der Waals surface area contributed by atoms with Crippen molar-refractivity contribution in [3.63, 3.8) is 0 Å². The van der Waals surface area contributed by atoms with E-state index in [1.54, 1.807) is 20.8 Å². The zero-order valence-electron chi connectivity index (χ0n) is 30.4. The van der Waals surface area contributed by atoms with E-state index in [2.05, 4.69) is 20.1 Å². The van der Waals surface area contributed by atoms with Gasteiger partial charge < -0.3 is 38.0 Å². The van der Waals surface area contributed by atoms with Crippen LogP contribution < -0.4 is 0 Å². The van der Waals surface area contributed by atoms with Crippen molar-refractivity contribution in [3.8, 4) is 0 Å². The molecule has 20 heteroatoms. The molecule has 4 unspecified atom stereocenters. The first-order chi connectivity index (χ1) is 24.4. The Labute approximate surface area is 317 Å². The summed E-state index contributed by atoms with van der Waals surface area (Å²) in [4.78, 5) is 44.0. The molecule has 3 aliphatic rings. The summed E-state index contributed by atoms with van der Waals surface area (Å²) in [5.41, 5.74) is 18.8. The van der Waals surface area contributed by atoms with Crippen LogP contribution in [-0.4, -0.2) is 94.8 Å². The Bertz CT molecular complexity index is 1390. The predicted molar refractivity (Wildman–Crippen MR) is 188 cm³/mol. The van der Waals surface area contributed by atoms with Crippen molar-refractivity contribution < 1.29 is 47.5 Å². The minimum Gasteiger partial charge on any atom is -0.457 e. The van der Waals surface area contributed by atoms with Crippen molar-refractivity contribution >= 4 is 58.2 Å². The van der Waals surface area contributed by atoms with Crippen LogP contribution in [0.25, 0.3) is 20.9 Å². The van der Waals surface area contributed by atoms with Crippen LogP contribution in [-0.2, 0) is 47.5 Å². The number of azide groups is 2. The van der Waals surface area contributed by atoms with Crippen LogP contribution in [0.2, 0.25) is 0 Å². The Balaban J connectivity index is 2.01. The zero-order valence-corrected chi connectivity index (χ0v) is 32.7. The SMILES string of the molecule is CCC1O[C@@H](OC(=N)C(Cl)(Cl)Cl)C(N=[N+]=[N-])[C@@H](C)[C@H]1O[C@@H]1O[C@@H](C(C)=O)[C@H](O[C@@H]2O[C@@H](CC)[C@H](C)[C@H](C)C2N=[N+]=[N-])[C@H](C)C1OC(=O)CCC(C)=O. The van der Waals surface area contributed by atoms with Crippen LogP contribution in [0.4, 0.5) is 0 Å². The van der Waals surface area contributed by atoms with Gasteiger partial charge in [0, 0.05) is 22.2 Å². The maximum Gasteiger partial charge on any atom is 0.306 e. The zero-order chi connectivity index (χ0) is 39.1. The second-order valence-corrected chi connectivity index (χ2v) is 15.8. The van der Waals surface area contributed by atoms with Crippen molar-refractivity contribution in [3.05, 3.63) is 20.9 Å². The van der Waals surface area contributed by atoms with Crippen molar-refractivity contribution in [1.82, 2.24) is 0 Å². The van der Waals surface area contributed by atoms with Crippen LogP contribution in [0.15, 0.2) is 10.2 Å². The number of nitrogens with one attached hydrogen (secondary N) is 1. The molecule has 3 heterocycles. The lowest BCUT2D eigenvalue weighted by Crippen LogP contribution is -2.63. The molecular weight excluding hydrogens is 749 g/mol. The van der Waals surface area contributed by atoms with Gasteiger partial charge in [0.1, 0.15) is 24.0 Å². The van der Waals surface area contributed by atoms with Gasteiger partial charge >= 0.3 is 5.97 Å². The van der Waals surface area contributed by atoms with E-state index < -0.39 is 94.8 Å². The van der Waals surface area contributed by atoms with E-state index in [9.17, 15) is 25.4 Å². The fourth-order valence-corrected chi connectivity index (χ4v) is 6.96. The highest BCUT2D eigenvalue weighted by Crippen LogP contribution is 2.41.